The Morgan fingerprint density at radius 3 is 2.68 bits per heavy atom. The van der Waals surface area contributed by atoms with Crippen LogP contribution in [-0.4, -0.2) is 31.2 Å². The maximum atomic E-state index is 12.6. The third-order valence-electron chi connectivity index (χ3n) is 4.19. The van der Waals surface area contributed by atoms with Gasteiger partial charge < -0.3 is 15.4 Å². The average molecular weight is 304 g/mol. The molecule has 1 aromatic carbocycles. The Balaban J connectivity index is 1.99. The van der Waals surface area contributed by atoms with Crippen LogP contribution in [0, 0.1) is 5.92 Å². The second kappa shape index (κ2) is 8.30. The molecular formula is C18H28N2O2. The first-order valence-corrected chi connectivity index (χ1v) is 8.33. The van der Waals surface area contributed by atoms with E-state index in [2.05, 4.69) is 37.5 Å². The van der Waals surface area contributed by atoms with Gasteiger partial charge in [-0.1, -0.05) is 32.9 Å². The summed E-state index contributed by atoms with van der Waals surface area (Å²) in [7, 11) is 0. The van der Waals surface area contributed by atoms with Crippen molar-refractivity contribution in [3.05, 3.63) is 29.8 Å². The lowest BCUT2D eigenvalue weighted by atomic mass is 9.99. The van der Waals surface area contributed by atoms with Gasteiger partial charge in [0.15, 0.2) is 0 Å². The standard InChI is InChI=1S/C18H28N2O2/c1-4-14-6-5-7-16(12-14)20-18(21)17(13(2)3)19-15-8-10-22-11-9-15/h5-7,12-13,15,17,19H,4,8-11H2,1-3H3,(H,20,21)/t17-/m0/s1. The topological polar surface area (TPSA) is 50.4 Å². The number of amides is 1. The molecule has 1 aliphatic rings. The number of aryl methyl sites for hydroxylation is 1. The SMILES string of the molecule is CCc1cccc(NC(=O)[C@@H](NC2CCOCC2)C(C)C)c1. The largest absolute Gasteiger partial charge is 0.381 e. The van der Waals surface area contributed by atoms with Crippen LogP contribution in [-0.2, 0) is 16.0 Å². The number of anilines is 1. The molecule has 1 saturated heterocycles. The van der Waals surface area contributed by atoms with Crippen molar-refractivity contribution in [1.82, 2.24) is 5.32 Å². The van der Waals surface area contributed by atoms with Crippen LogP contribution in [0.4, 0.5) is 5.69 Å². The highest BCUT2D eigenvalue weighted by Gasteiger charge is 2.26. The van der Waals surface area contributed by atoms with Crippen LogP contribution in [0.5, 0.6) is 0 Å². The molecule has 122 valence electrons. The molecule has 1 atom stereocenters. The van der Waals surface area contributed by atoms with Crippen molar-refractivity contribution in [3.8, 4) is 0 Å². The van der Waals surface area contributed by atoms with Gasteiger partial charge >= 0.3 is 0 Å². The van der Waals surface area contributed by atoms with Gasteiger partial charge in [0, 0.05) is 24.9 Å². The number of nitrogens with one attached hydrogen (secondary N) is 2. The molecule has 2 N–H and O–H groups in total. The second-order valence-corrected chi connectivity index (χ2v) is 6.32. The van der Waals surface area contributed by atoms with E-state index in [0.29, 0.717) is 6.04 Å². The third-order valence-corrected chi connectivity index (χ3v) is 4.19. The Bertz CT molecular complexity index is 482. The quantitative estimate of drug-likeness (QED) is 0.849. The van der Waals surface area contributed by atoms with Crippen LogP contribution in [0.25, 0.3) is 0 Å². The van der Waals surface area contributed by atoms with Crippen LogP contribution < -0.4 is 10.6 Å². The van der Waals surface area contributed by atoms with E-state index in [-0.39, 0.29) is 17.9 Å². The molecular weight excluding hydrogens is 276 g/mol. The Labute approximate surface area is 133 Å². The molecule has 1 aromatic rings. The fourth-order valence-electron chi connectivity index (χ4n) is 2.78. The van der Waals surface area contributed by atoms with Gasteiger partial charge in [-0.2, -0.15) is 0 Å². The lowest BCUT2D eigenvalue weighted by Crippen LogP contribution is -2.50. The van der Waals surface area contributed by atoms with Crippen LogP contribution in [0.2, 0.25) is 0 Å². The zero-order valence-corrected chi connectivity index (χ0v) is 13.9. The lowest BCUT2D eigenvalue weighted by molar-refractivity contribution is -0.119. The summed E-state index contributed by atoms with van der Waals surface area (Å²) in [6.07, 6.45) is 2.92. The molecule has 4 nitrogen and oxygen atoms in total. The molecule has 0 aliphatic carbocycles. The van der Waals surface area contributed by atoms with Gasteiger partial charge in [-0.3, -0.25) is 4.79 Å². The lowest BCUT2D eigenvalue weighted by Gasteiger charge is -2.30. The molecule has 1 fully saturated rings. The number of hydrogen-bond donors (Lipinski definition) is 2. The molecule has 0 unspecified atom stereocenters. The van der Waals surface area contributed by atoms with Crippen molar-refractivity contribution < 1.29 is 9.53 Å². The van der Waals surface area contributed by atoms with Gasteiger partial charge in [0.05, 0.1) is 6.04 Å². The smallest absolute Gasteiger partial charge is 0.241 e. The van der Waals surface area contributed by atoms with E-state index in [4.69, 9.17) is 4.74 Å². The maximum Gasteiger partial charge on any atom is 0.241 e. The average Bonchev–Trinajstić information content (AvgIpc) is 2.53. The number of hydrogen-bond acceptors (Lipinski definition) is 3. The fraction of sp³-hybridized carbons (Fsp3) is 0.611. The van der Waals surface area contributed by atoms with Crippen molar-refractivity contribution in [2.24, 2.45) is 5.92 Å². The van der Waals surface area contributed by atoms with Crippen LogP contribution in [0.3, 0.4) is 0 Å². The minimum atomic E-state index is -0.173. The van der Waals surface area contributed by atoms with Gasteiger partial charge in [-0.15, -0.1) is 0 Å². The van der Waals surface area contributed by atoms with E-state index in [0.717, 1.165) is 38.2 Å². The molecule has 1 amide bonds. The monoisotopic (exact) mass is 304 g/mol. The zero-order valence-electron chi connectivity index (χ0n) is 13.9. The van der Waals surface area contributed by atoms with Gasteiger partial charge in [0.25, 0.3) is 0 Å². The van der Waals surface area contributed by atoms with E-state index in [9.17, 15) is 4.79 Å². The number of carbonyl (C=O) groups excluding carboxylic acids is 1. The summed E-state index contributed by atoms with van der Waals surface area (Å²) in [5.41, 5.74) is 2.11. The highest BCUT2D eigenvalue weighted by Crippen LogP contribution is 2.15. The van der Waals surface area contributed by atoms with Crippen LogP contribution in [0.1, 0.15) is 39.2 Å². The first-order chi connectivity index (χ1) is 10.6. The maximum absolute atomic E-state index is 12.6. The van der Waals surface area contributed by atoms with Crippen LogP contribution >= 0.6 is 0 Å². The normalized spacial score (nSPS) is 17.5. The highest BCUT2D eigenvalue weighted by atomic mass is 16.5. The van der Waals surface area contributed by atoms with Crippen molar-refractivity contribution in [1.29, 1.82) is 0 Å². The van der Waals surface area contributed by atoms with E-state index < -0.39 is 0 Å². The predicted molar refractivity (Wildman–Crippen MR) is 90.1 cm³/mol. The molecule has 4 heteroatoms. The van der Waals surface area contributed by atoms with Crippen molar-refractivity contribution in [2.75, 3.05) is 18.5 Å². The Hall–Kier alpha value is -1.39. The summed E-state index contributed by atoms with van der Waals surface area (Å²) in [6.45, 7) is 7.84. The van der Waals surface area contributed by atoms with E-state index >= 15 is 0 Å². The molecule has 0 radical (unpaired) electrons. The molecule has 0 bridgehead atoms. The number of carbonyl (C=O) groups is 1. The molecule has 0 saturated carbocycles. The summed E-state index contributed by atoms with van der Waals surface area (Å²) in [6, 6.07) is 8.26. The summed E-state index contributed by atoms with van der Waals surface area (Å²) in [4.78, 5) is 12.6. The molecule has 0 spiro atoms. The summed E-state index contributed by atoms with van der Waals surface area (Å²) >= 11 is 0. The van der Waals surface area contributed by atoms with Gasteiger partial charge in [-0.05, 0) is 42.9 Å². The third kappa shape index (κ3) is 4.82. The van der Waals surface area contributed by atoms with E-state index in [1.54, 1.807) is 0 Å². The first kappa shape index (κ1) is 17.0. The summed E-state index contributed by atoms with van der Waals surface area (Å²) < 4.78 is 5.38. The number of benzene rings is 1. The number of ether oxygens (including phenoxy) is 1. The Morgan fingerprint density at radius 1 is 1.32 bits per heavy atom. The predicted octanol–water partition coefficient (Wildman–Crippen LogP) is 2.98. The van der Waals surface area contributed by atoms with Crippen LogP contribution in [0.15, 0.2) is 24.3 Å². The first-order valence-electron chi connectivity index (χ1n) is 8.33. The molecule has 1 heterocycles. The molecule has 2 rings (SSSR count). The van der Waals surface area contributed by atoms with Gasteiger partial charge in [0.2, 0.25) is 5.91 Å². The van der Waals surface area contributed by atoms with Crippen molar-refractivity contribution >= 4 is 11.6 Å². The van der Waals surface area contributed by atoms with E-state index in [1.807, 2.05) is 18.2 Å². The van der Waals surface area contributed by atoms with E-state index in [1.165, 1.54) is 5.56 Å². The molecule has 1 aliphatic heterocycles. The van der Waals surface area contributed by atoms with Crippen molar-refractivity contribution in [2.45, 2.75) is 52.1 Å². The minimum absolute atomic E-state index is 0.0507. The molecule has 22 heavy (non-hydrogen) atoms. The highest BCUT2D eigenvalue weighted by molar-refractivity contribution is 5.95. The van der Waals surface area contributed by atoms with Gasteiger partial charge in [0.1, 0.15) is 0 Å². The van der Waals surface area contributed by atoms with Gasteiger partial charge in [-0.25, -0.2) is 0 Å². The Morgan fingerprint density at radius 2 is 2.05 bits per heavy atom. The summed E-state index contributed by atoms with van der Waals surface area (Å²) in [5, 5.41) is 6.57. The zero-order chi connectivity index (χ0) is 15.9. The van der Waals surface area contributed by atoms with Crippen molar-refractivity contribution in [3.63, 3.8) is 0 Å². The second-order valence-electron chi connectivity index (χ2n) is 6.32. The Kier molecular flexibility index (Phi) is 6.40. The molecule has 0 aromatic heterocycles. The summed E-state index contributed by atoms with van der Waals surface area (Å²) in [5.74, 6) is 0.298. The fourth-order valence-corrected chi connectivity index (χ4v) is 2.78. The number of rotatable bonds is 6. The minimum Gasteiger partial charge on any atom is -0.381 e.